The van der Waals surface area contributed by atoms with Crippen LogP contribution in [-0.2, 0) is 0 Å². The highest BCUT2D eigenvalue weighted by Crippen LogP contribution is 2.21. The molecule has 0 bridgehead atoms. The van der Waals surface area contributed by atoms with Gasteiger partial charge in [-0.05, 0) is 36.8 Å². The molecule has 3 N–H and O–H groups in total. The molecule has 2 aromatic rings. The van der Waals surface area contributed by atoms with Gasteiger partial charge < -0.3 is 15.7 Å². The third-order valence-corrected chi connectivity index (χ3v) is 2.83. The van der Waals surface area contributed by atoms with E-state index in [4.69, 9.17) is 16.7 Å². The molecule has 6 nitrogen and oxygen atoms in total. The topological polar surface area (TPSA) is 91.3 Å². The number of aromatic nitrogens is 1. The Balaban J connectivity index is 2.15. The van der Waals surface area contributed by atoms with E-state index in [-0.39, 0.29) is 16.3 Å². The summed E-state index contributed by atoms with van der Waals surface area (Å²) in [6, 6.07) is 5.38. The van der Waals surface area contributed by atoms with Crippen molar-refractivity contribution >= 4 is 35.0 Å². The normalized spacial score (nSPS) is 10.0. The zero-order valence-electron chi connectivity index (χ0n) is 11.1. The molecule has 0 atom stereocenters. The van der Waals surface area contributed by atoms with Crippen LogP contribution in [0.5, 0.6) is 0 Å². The zero-order valence-corrected chi connectivity index (χ0v) is 11.8. The minimum absolute atomic E-state index is 0.0833. The second-order valence-corrected chi connectivity index (χ2v) is 4.76. The monoisotopic (exact) mass is 305 g/mol. The largest absolute Gasteiger partial charge is 0.478 e. The third-order valence-electron chi connectivity index (χ3n) is 2.59. The van der Waals surface area contributed by atoms with Crippen molar-refractivity contribution < 1.29 is 14.7 Å². The van der Waals surface area contributed by atoms with Crippen molar-refractivity contribution in [2.24, 2.45) is 0 Å². The summed E-state index contributed by atoms with van der Waals surface area (Å²) in [7, 11) is 0. The van der Waals surface area contributed by atoms with Crippen molar-refractivity contribution in [2.75, 3.05) is 10.6 Å². The summed E-state index contributed by atoms with van der Waals surface area (Å²) in [5.41, 5.74) is 1.48. The molecule has 0 aliphatic rings. The molecule has 0 saturated carbocycles. The van der Waals surface area contributed by atoms with Gasteiger partial charge in [0.2, 0.25) is 0 Å². The average molecular weight is 306 g/mol. The number of aryl methyl sites for hydroxylation is 1. The molecule has 0 fully saturated rings. The van der Waals surface area contributed by atoms with Gasteiger partial charge in [0.1, 0.15) is 0 Å². The van der Waals surface area contributed by atoms with Gasteiger partial charge in [-0.1, -0.05) is 11.6 Å². The van der Waals surface area contributed by atoms with Gasteiger partial charge >= 0.3 is 12.0 Å². The first-order chi connectivity index (χ1) is 9.95. The fraction of sp³-hybridized carbons (Fsp3) is 0.0714. The van der Waals surface area contributed by atoms with Crippen LogP contribution in [0.1, 0.15) is 15.9 Å². The molecule has 1 aromatic heterocycles. The smallest absolute Gasteiger partial charge is 0.337 e. The number of aromatic carboxylic acids is 1. The Morgan fingerprint density at radius 1 is 1.19 bits per heavy atom. The lowest BCUT2D eigenvalue weighted by molar-refractivity contribution is 0.0698. The number of amides is 2. The average Bonchev–Trinajstić information content (AvgIpc) is 2.40. The van der Waals surface area contributed by atoms with Crippen LogP contribution in [0.15, 0.2) is 36.7 Å². The van der Waals surface area contributed by atoms with Crippen molar-refractivity contribution in [2.45, 2.75) is 6.92 Å². The van der Waals surface area contributed by atoms with E-state index in [2.05, 4.69) is 15.6 Å². The number of hydrogen-bond donors (Lipinski definition) is 3. The summed E-state index contributed by atoms with van der Waals surface area (Å²) >= 11 is 5.74. The number of benzene rings is 1. The van der Waals surface area contributed by atoms with Crippen LogP contribution in [0.4, 0.5) is 16.2 Å². The number of hydrogen-bond acceptors (Lipinski definition) is 3. The number of carboxylic acids is 1. The van der Waals surface area contributed by atoms with Gasteiger partial charge in [-0.25, -0.2) is 9.59 Å². The van der Waals surface area contributed by atoms with Crippen LogP contribution < -0.4 is 10.6 Å². The highest BCUT2D eigenvalue weighted by atomic mass is 35.5. The van der Waals surface area contributed by atoms with Crippen molar-refractivity contribution in [3.8, 4) is 0 Å². The highest BCUT2D eigenvalue weighted by Gasteiger charge is 2.13. The van der Waals surface area contributed by atoms with E-state index >= 15 is 0 Å². The Bertz CT molecular complexity index is 704. The molecular formula is C14H12ClN3O3. The predicted molar refractivity (Wildman–Crippen MR) is 80.0 cm³/mol. The van der Waals surface area contributed by atoms with E-state index in [1.54, 1.807) is 12.3 Å². The molecule has 0 radical (unpaired) electrons. The standard InChI is InChI=1S/C14H12ClN3O3/c1-8-4-10(7-16-6-8)17-14(21)18-12-3-2-9(15)5-11(12)13(19)20/h2-7H,1H3,(H,19,20)(H2,17,18,21). The Hall–Kier alpha value is -2.60. The first-order valence-electron chi connectivity index (χ1n) is 5.98. The lowest BCUT2D eigenvalue weighted by atomic mass is 10.2. The van der Waals surface area contributed by atoms with Crippen LogP contribution in [0.2, 0.25) is 5.02 Å². The maximum Gasteiger partial charge on any atom is 0.337 e. The summed E-state index contributed by atoms with van der Waals surface area (Å²) in [6.07, 6.45) is 3.15. The van der Waals surface area contributed by atoms with Crippen LogP contribution in [0.25, 0.3) is 0 Å². The van der Waals surface area contributed by atoms with Crippen molar-refractivity contribution in [1.29, 1.82) is 0 Å². The van der Waals surface area contributed by atoms with E-state index in [1.807, 2.05) is 6.92 Å². The van der Waals surface area contributed by atoms with Gasteiger partial charge in [0.25, 0.3) is 0 Å². The Morgan fingerprint density at radius 3 is 2.62 bits per heavy atom. The number of pyridine rings is 1. The summed E-state index contributed by atoms with van der Waals surface area (Å²) in [4.78, 5) is 26.9. The molecule has 7 heteroatoms. The van der Waals surface area contributed by atoms with Crippen LogP contribution in [-0.4, -0.2) is 22.1 Å². The van der Waals surface area contributed by atoms with Gasteiger partial charge in [-0.2, -0.15) is 0 Å². The van der Waals surface area contributed by atoms with E-state index in [9.17, 15) is 9.59 Å². The SMILES string of the molecule is Cc1cncc(NC(=O)Nc2ccc(Cl)cc2C(=O)O)c1. The zero-order chi connectivity index (χ0) is 15.4. The minimum Gasteiger partial charge on any atom is -0.478 e. The first kappa shape index (κ1) is 14.8. The van der Waals surface area contributed by atoms with E-state index in [0.717, 1.165) is 5.56 Å². The number of nitrogens with zero attached hydrogens (tertiary/aromatic N) is 1. The molecular weight excluding hydrogens is 294 g/mol. The van der Waals surface area contributed by atoms with Gasteiger partial charge in [0.05, 0.1) is 23.1 Å². The molecule has 2 rings (SSSR count). The Morgan fingerprint density at radius 2 is 1.95 bits per heavy atom. The molecule has 0 aliphatic heterocycles. The summed E-state index contributed by atoms with van der Waals surface area (Å²) in [6.45, 7) is 1.85. The Kier molecular flexibility index (Phi) is 4.39. The van der Waals surface area contributed by atoms with Crippen molar-refractivity contribution in [3.63, 3.8) is 0 Å². The number of carbonyl (C=O) groups is 2. The second kappa shape index (κ2) is 6.23. The number of carboxylic acid groups (broad SMARTS) is 1. The van der Waals surface area contributed by atoms with Gasteiger partial charge in [-0.3, -0.25) is 4.98 Å². The summed E-state index contributed by atoms with van der Waals surface area (Å²) in [5.74, 6) is -1.18. The number of halogens is 1. The fourth-order valence-corrected chi connectivity index (χ4v) is 1.88. The molecule has 2 amide bonds. The van der Waals surface area contributed by atoms with Gasteiger partial charge in [0.15, 0.2) is 0 Å². The van der Waals surface area contributed by atoms with Gasteiger partial charge in [-0.15, -0.1) is 0 Å². The van der Waals surface area contributed by atoms with E-state index < -0.39 is 12.0 Å². The molecule has 21 heavy (non-hydrogen) atoms. The highest BCUT2D eigenvalue weighted by molar-refractivity contribution is 6.31. The summed E-state index contributed by atoms with van der Waals surface area (Å²) < 4.78 is 0. The third kappa shape index (κ3) is 3.93. The Labute approximate surface area is 125 Å². The molecule has 1 heterocycles. The van der Waals surface area contributed by atoms with E-state index in [0.29, 0.717) is 5.69 Å². The minimum atomic E-state index is -1.18. The quantitative estimate of drug-likeness (QED) is 0.810. The summed E-state index contributed by atoms with van der Waals surface area (Å²) in [5, 5.41) is 14.4. The molecule has 1 aromatic carbocycles. The van der Waals surface area contributed by atoms with Crippen LogP contribution in [0, 0.1) is 6.92 Å². The number of urea groups is 1. The number of nitrogens with one attached hydrogen (secondary N) is 2. The molecule has 0 aliphatic carbocycles. The number of rotatable bonds is 3. The molecule has 0 saturated heterocycles. The second-order valence-electron chi connectivity index (χ2n) is 4.33. The van der Waals surface area contributed by atoms with Crippen LogP contribution >= 0.6 is 11.6 Å². The van der Waals surface area contributed by atoms with Crippen LogP contribution in [0.3, 0.4) is 0 Å². The number of anilines is 2. The van der Waals surface area contributed by atoms with Crippen molar-refractivity contribution in [3.05, 3.63) is 52.8 Å². The molecule has 0 spiro atoms. The van der Waals surface area contributed by atoms with Crippen molar-refractivity contribution in [1.82, 2.24) is 4.98 Å². The molecule has 108 valence electrons. The van der Waals surface area contributed by atoms with E-state index in [1.165, 1.54) is 24.4 Å². The van der Waals surface area contributed by atoms with Gasteiger partial charge in [0, 0.05) is 11.2 Å². The number of carbonyl (C=O) groups excluding carboxylic acids is 1. The maximum atomic E-state index is 11.9. The maximum absolute atomic E-state index is 11.9. The lowest BCUT2D eigenvalue weighted by Crippen LogP contribution is -2.21. The lowest BCUT2D eigenvalue weighted by Gasteiger charge is -2.10. The predicted octanol–water partition coefficient (Wildman–Crippen LogP) is 3.39. The fourth-order valence-electron chi connectivity index (χ4n) is 1.71. The molecule has 0 unspecified atom stereocenters. The first-order valence-corrected chi connectivity index (χ1v) is 6.36.